The van der Waals surface area contributed by atoms with Crippen molar-refractivity contribution in [2.24, 2.45) is 5.92 Å². The Morgan fingerprint density at radius 1 is 1.00 bits per heavy atom. The van der Waals surface area contributed by atoms with Crippen LogP contribution in [0, 0.1) is 5.92 Å². The summed E-state index contributed by atoms with van der Waals surface area (Å²) < 4.78 is 0. The van der Waals surface area contributed by atoms with Gasteiger partial charge >= 0.3 is 0 Å². The first kappa shape index (κ1) is 18.6. The van der Waals surface area contributed by atoms with Crippen molar-refractivity contribution in [2.45, 2.75) is 51.0 Å². The van der Waals surface area contributed by atoms with E-state index in [9.17, 15) is 4.79 Å². The Balaban J connectivity index is 1.32. The monoisotopic (exact) mass is 390 g/mol. The predicted molar refractivity (Wildman–Crippen MR) is 120 cm³/mol. The van der Waals surface area contributed by atoms with Gasteiger partial charge in [0.1, 0.15) is 5.65 Å². The lowest BCUT2D eigenvalue weighted by atomic mass is 9.88. The fourth-order valence-electron chi connectivity index (χ4n) is 5.24. The molecule has 0 radical (unpaired) electrons. The molecule has 2 fully saturated rings. The van der Waals surface area contributed by atoms with E-state index in [1.165, 1.54) is 51.7 Å². The molecule has 2 aromatic heterocycles. The summed E-state index contributed by atoms with van der Waals surface area (Å²) >= 11 is 0. The zero-order valence-electron chi connectivity index (χ0n) is 17.0. The van der Waals surface area contributed by atoms with Gasteiger partial charge in [0.05, 0.1) is 0 Å². The van der Waals surface area contributed by atoms with Crippen LogP contribution in [0.4, 0.5) is 5.69 Å². The third kappa shape index (κ3) is 3.88. The molecule has 3 heterocycles. The molecule has 5 nitrogen and oxygen atoms in total. The number of nitrogens with zero attached hydrogens (tertiary/aromatic N) is 2. The number of nitrogens with one attached hydrogen (secondary N) is 2. The maximum Gasteiger partial charge on any atom is 0.257 e. The molecule has 1 saturated carbocycles. The Hall–Kier alpha value is -2.40. The number of likely N-dealkylation sites (tertiary alicyclic amines) is 1. The second kappa shape index (κ2) is 8.15. The summed E-state index contributed by atoms with van der Waals surface area (Å²) in [4.78, 5) is 22.4. The molecule has 152 valence electrons. The number of aromatic amines is 1. The molecule has 1 aromatic carbocycles. The number of piperidine rings is 1. The number of hydrogen-bond acceptors (Lipinski definition) is 4. The van der Waals surface area contributed by atoms with Crippen LogP contribution < -0.4 is 10.9 Å². The van der Waals surface area contributed by atoms with Crippen LogP contribution in [-0.2, 0) is 0 Å². The summed E-state index contributed by atoms with van der Waals surface area (Å²) in [6.45, 7) is 3.64. The third-order valence-corrected chi connectivity index (χ3v) is 6.81. The number of fused-ring (bicyclic) bond motifs is 3. The zero-order chi connectivity index (χ0) is 19.6. The Kier molecular flexibility index (Phi) is 5.23. The second-order valence-electron chi connectivity index (χ2n) is 8.81. The first-order valence-electron chi connectivity index (χ1n) is 11.2. The molecule has 5 heteroatoms. The molecule has 0 amide bonds. The standard InChI is InChI=1S/C24H30N4O/c29-24-20-9-5-4-8-19(20)22-21(10-13-25-23(22)27-24)26-18-11-14-28(15-12-18)16-17-6-2-1-3-7-17/h4-5,8-10,13,17-18H,1-3,6-7,11-12,14-16H2,(H2,25,26,27,29). The van der Waals surface area contributed by atoms with Crippen LogP contribution in [0.3, 0.4) is 0 Å². The van der Waals surface area contributed by atoms with E-state index in [0.717, 1.165) is 40.6 Å². The van der Waals surface area contributed by atoms with Gasteiger partial charge in [-0.05, 0) is 43.7 Å². The summed E-state index contributed by atoms with van der Waals surface area (Å²) in [6.07, 6.45) is 11.2. The molecule has 5 rings (SSSR count). The Morgan fingerprint density at radius 3 is 2.55 bits per heavy atom. The summed E-state index contributed by atoms with van der Waals surface area (Å²) in [5, 5.41) is 6.48. The van der Waals surface area contributed by atoms with Gasteiger partial charge in [0.2, 0.25) is 0 Å². The van der Waals surface area contributed by atoms with Gasteiger partial charge in [0.25, 0.3) is 5.56 Å². The molecule has 0 atom stereocenters. The van der Waals surface area contributed by atoms with Gasteiger partial charge in [-0.25, -0.2) is 4.98 Å². The fourth-order valence-corrected chi connectivity index (χ4v) is 5.24. The lowest BCUT2D eigenvalue weighted by molar-refractivity contribution is 0.168. The smallest absolute Gasteiger partial charge is 0.257 e. The molecule has 2 N–H and O–H groups in total. The quantitative estimate of drug-likeness (QED) is 0.643. The first-order chi connectivity index (χ1) is 14.3. The zero-order valence-corrected chi connectivity index (χ0v) is 17.0. The average Bonchev–Trinajstić information content (AvgIpc) is 2.76. The van der Waals surface area contributed by atoms with Gasteiger partial charge in [-0.3, -0.25) is 4.79 Å². The lowest BCUT2D eigenvalue weighted by Gasteiger charge is -2.36. The number of benzene rings is 1. The van der Waals surface area contributed by atoms with Crippen LogP contribution in [-0.4, -0.2) is 40.5 Å². The number of hydrogen-bond donors (Lipinski definition) is 2. The van der Waals surface area contributed by atoms with E-state index in [0.29, 0.717) is 11.7 Å². The Labute approximate surface area is 171 Å². The van der Waals surface area contributed by atoms with Gasteiger partial charge in [-0.15, -0.1) is 0 Å². The van der Waals surface area contributed by atoms with E-state index in [4.69, 9.17) is 0 Å². The number of H-pyrrole nitrogens is 1. The average molecular weight is 391 g/mol. The van der Waals surface area contributed by atoms with E-state index in [1.807, 2.05) is 30.3 Å². The molecule has 1 aliphatic heterocycles. The first-order valence-corrected chi connectivity index (χ1v) is 11.2. The van der Waals surface area contributed by atoms with E-state index in [-0.39, 0.29) is 5.56 Å². The maximum atomic E-state index is 12.4. The minimum absolute atomic E-state index is 0.0752. The fraction of sp³-hybridized carbons (Fsp3) is 0.500. The summed E-state index contributed by atoms with van der Waals surface area (Å²) in [5.41, 5.74) is 1.66. The van der Waals surface area contributed by atoms with Gasteiger partial charge in [-0.2, -0.15) is 0 Å². The van der Waals surface area contributed by atoms with Crippen LogP contribution in [0.1, 0.15) is 44.9 Å². The predicted octanol–water partition coefficient (Wildman–Crippen LogP) is 4.53. The van der Waals surface area contributed by atoms with Crippen LogP contribution in [0.5, 0.6) is 0 Å². The topological polar surface area (TPSA) is 61.0 Å². The van der Waals surface area contributed by atoms with Crippen molar-refractivity contribution < 1.29 is 0 Å². The van der Waals surface area contributed by atoms with Crippen molar-refractivity contribution in [1.82, 2.24) is 14.9 Å². The Bertz CT molecular complexity index is 1050. The Morgan fingerprint density at radius 2 is 1.76 bits per heavy atom. The molecule has 1 aliphatic carbocycles. The largest absolute Gasteiger partial charge is 0.382 e. The maximum absolute atomic E-state index is 12.4. The van der Waals surface area contributed by atoms with Crippen molar-refractivity contribution in [3.05, 3.63) is 46.9 Å². The highest BCUT2D eigenvalue weighted by Gasteiger charge is 2.23. The molecule has 0 spiro atoms. The summed E-state index contributed by atoms with van der Waals surface area (Å²) in [5.74, 6) is 0.917. The van der Waals surface area contributed by atoms with Crippen LogP contribution in [0.25, 0.3) is 21.8 Å². The molecular weight excluding hydrogens is 360 g/mol. The highest BCUT2D eigenvalue weighted by atomic mass is 16.1. The van der Waals surface area contributed by atoms with Crippen molar-refractivity contribution in [3.63, 3.8) is 0 Å². The van der Waals surface area contributed by atoms with Gasteiger partial charge in [0.15, 0.2) is 0 Å². The van der Waals surface area contributed by atoms with E-state index in [1.54, 1.807) is 6.20 Å². The molecule has 0 bridgehead atoms. The lowest BCUT2D eigenvalue weighted by Crippen LogP contribution is -2.41. The van der Waals surface area contributed by atoms with E-state index < -0.39 is 0 Å². The molecule has 1 saturated heterocycles. The van der Waals surface area contributed by atoms with E-state index >= 15 is 0 Å². The normalized spacial score (nSPS) is 19.7. The molecule has 29 heavy (non-hydrogen) atoms. The summed E-state index contributed by atoms with van der Waals surface area (Å²) in [7, 11) is 0. The highest BCUT2D eigenvalue weighted by Crippen LogP contribution is 2.29. The highest BCUT2D eigenvalue weighted by molar-refractivity contribution is 6.10. The number of rotatable bonds is 4. The number of aromatic nitrogens is 2. The van der Waals surface area contributed by atoms with Crippen LogP contribution in [0.15, 0.2) is 41.3 Å². The van der Waals surface area contributed by atoms with E-state index in [2.05, 4.69) is 20.2 Å². The molecule has 2 aliphatic rings. The van der Waals surface area contributed by atoms with Crippen molar-refractivity contribution in [3.8, 4) is 0 Å². The number of pyridine rings is 2. The van der Waals surface area contributed by atoms with Crippen molar-refractivity contribution in [2.75, 3.05) is 25.0 Å². The molecule has 0 unspecified atom stereocenters. The van der Waals surface area contributed by atoms with Gasteiger partial charge < -0.3 is 15.2 Å². The van der Waals surface area contributed by atoms with Crippen LogP contribution in [0.2, 0.25) is 0 Å². The molecular formula is C24H30N4O. The summed E-state index contributed by atoms with van der Waals surface area (Å²) in [6, 6.07) is 10.3. The third-order valence-electron chi connectivity index (χ3n) is 6.81. The minimum atomic E-state index is -0.0752. The van der Waals surface area contributed by atoms with Crippen molar-refractivity contribution >= 4 is 27.5 Å². The van der Waals surface area contributed by atoms with Gasteiger partial charge in [0, 0.05) is 53.7 Å². The minimum Gasteiger partial charge on any atom is -0.382 e. The van der Waals surface area contributed by atoms with Gasteiger partial charge in [-0.1, -0.05) is 37.5 Å². The molecule has 3 aromatic rings. The number of anilines is 1. The van der Waals surface area contributed by atoms with Crippen molar-refractivity contribution in [1.29, 1.82) is 0 Å². The second-order valence-corrected chi connectivity index (χ2v) is 8.81. The SMILES string of the molecule is O=c1[nH]c2nccc(NC3CCN(CC4CCCCC4)CC3)c2c2ccccc12. The van der Waals surface area contributed by atoms with Crippen LogP contribution >= 0.6 is 0 Å².